The van der Waals surface area contributed by atoms with E-state index in [1.807, 2.05) is 26.0 Å². The maximum absolute atomic E-state index is 11.2. The summed E-state index contributed by atoms with van der Waals surface area (Å²) >= 11 is 0. The molecule has 24 heavy (non-hydrogen) atoms. The molecule has 0 radical (unpaired) electrons. The Morgan fingerprint density at radius 3 is 2.42 bits per heavy atom. The van der Waals surface area contributed by atoms with E-state index in [2.05, 4.69) is 43.1 Å². The first-order valence-electron chi connectivity index (χ1n) is 8.04. The van der Waals surface area contributed by atoms with Crippen LogP contribution in [0.3, 0.4) is 0 Å². The minimum absolute atomic E-state index is 0.208. The third kappa shape index (κ3) is 4.81. The summed E-state index contributed by atoms with van der Waals surface area (Å²) in [4.78, 5) is 12.5. The predicted octanol–water partition coefficient (Wildman–Crippen LogP) is 4.88. The fourth-order valence-electron chi connectivity index (χ4n) is 2.65. The van der Waals surface area contributed by atoms with Crippen molar-refractivity contribution in [2.24, 2.45) is 5.41 Å². The van der Waals surface area contributed by atoms with Gasteiger partial charge in [0.15, 0.2) is 0 Å². The molecule has 1 unspecified atom stereocenters. The number of benzene rings is 2. The van der Waals surface area contributed by atoms with E-state index in [0.717, 1.165) is 24.2 Å². The molecule has 0 saturated carbocycles. The Morgan fingerprint density at radius 1 is 1.17 bits per heavy atom. The summed E-state index contributed by atoms with van der Waals surface area (Å²) in [5.41, 5.74) is 3.44. The summed E-state index contributed by atoms with van der Waals surface area (Å²) in [5, 5.41) is 0. The molecule has 0 saturated heterocycles. The summed E-state index contributed by atoms with van der Waals surface area (Å²) in [6.45, 7) is 6.06. The van der Waals surface area contributed by atoms with Gasteiger partial charge in [-0.25, -0.2) is 0 Å². The summed E-state index contributed by atoms with van der Waals surface area (Å²) < 4.78 is 5.23. The van der Waals surface area contributed by atoms with Crippen molar-refractivity contribution in [2.75, 3.05) is 12.9 Å². The molecule has 2 rings (SSSR count). The molecule has 0 spiro atoms. The lowest BCUT2D eigenvalue weighted by Gasteiger charge is -2.21. The van der Waals surface area contributed by atoms with Gasteiger partial charge in [0.05, 0.1) is 7.11 Å². The highest BCUT2D eigenvalue weighted by atomic mass is 32.2. The highest BCUT2D eigenvalue weighted by Gasteiger charge is 2.19. The lowest BCUT2D eigenvalue weighted by Crippen LogP contribution is -2.17. The number of methoxy groups -OCH3 is 1. The molecule has 0 aromatic heterocycles. The average molecular weight is 343 g/mol. The average Bonchev–Trinajstić information content (AvgIpc) is 2.55. The Morgan fingerprint density at radius 2 is 1.83 bits per heavy atom. The van der Waals surface area contributed by atoms with E-state index in [0.29, 0.717) is 0 Å². The molecule has 2 aromatic carbocycles. The number of aryl methyl sites for hydroxylation is 1. The molecule has 0 heterocycles. The van der Waals surface area contributed by atoms with Crippen LogP contribution in [0.1, 0.15) is 30.5 Å². The number of ether oxygens (including phenoxy) is 1. The lowest BCUT2D eigenvalue weighted by atomic mass is 10.00. The number of hydrogen-bond acceptors (Lipinski definition) is 2. The number of carbonyl (C=O) groups excluding carboxylic acids is 1. The molecular weight excluding hydrogens is 316 g/mol. The highest BCUT2D eigenvalue weighted by molar-refractivity contribution is 8.14. The molecule has 0 aliphatic heterocycles. The Bertz CT molecular complexity index is 730. The number of carbonyl (C=O) groups is 1. The summed E-state index contributed by atoms with van der Waals surface area (Å²) in [7, 11) is 1.47. The smallest absolute Gasteiger partial charge is 0.126 e. The van der Waals surface area contributed by atoms with Crippen molar-refractivity contribution < 1.29 is 9.53 Å². The van der Waals surface area contributed by atoms with Crippen molar-refractivity contribution in [1.29, 1.82) is 0 Å². The van der Waals surface area contributed by atoms with Crippen LogP contribution in [0.2, 0.25) is 0 Å². The monoisotopic (exact) mass is 342 g/mol. The second-order valence-electron chi connectivity index (χ2n) is 6.88. The van der Waals surface area contributed by atoms with Gasteiger partial charge in [0.25, 0.3) is 0 Å². The molecule has 0 N–H and O–H groups in total. The fourth-order valence-corrected chi connectivity index (χ4v) is 4.54. The number of aldehydes is 1. The quantitative estimate of drug-likeness (QED) is 0.529. The molecule has 0 fully saturated rings. The molecule has 3 heteroatoms. The second kappa shape index (κ2) is 7.80. The van der Waals surface area contributed by atoms with Crippen LogP contribution >= 0.6 is 10.5 Å². The molecule has 0 aliphatic rings. The van der Waals surface area contributed by atoms with Crippen molar-refractivity contribution in [3.8, 4) is 5.75 Å². The van der Waals surface area contributed by atoms with E-state index in [4.69, 9.17) is 4.74 Å². The molecular formula is C21H26O2S. The molecule has 2 aromatic rings. The zero-order chi connectivity index (χ0) is 17.7. The van der Waals surface area contributed by atoms with Gasteiger partial charge >= 0.3 is 0 Å². The first-order valence-corrected chi connectivity index (χ1v) is 9.60. The van der Waals surface area contributed by atoms with Crippen molar-refractivity contribution >= 4 is 22.6 Å². The van der Waals surface area contributed by atoms with E-state index in [9.17, 15) is 4.79 Å². The van der Waals surface area contributed by atoms with Crippen LogP contribution in [0, 0.1) is 12.3 Å². The third-order valence-corrected chi connectivity index (χ3v) is 6.06. The van der Waals surface area contributed by atoms with Crippen molar-refractivity contribution in [1.82, 2.24) is 0 Å². The van der Waals surface area contributed by atoms with Gasteiger partial charge in [-0.2, -0.15) is 10.5 Å². The zero-order valence-corrected chi connectivity index (χ0v) is 15.8. The van der Waals surface area contributed by atoms with E-state index < -0.39 is 0 Å². The molecule has 0 aliphatic carbocycles. The van der Waals surface area contributed by atoms with Crippen LogP contribution in [-0.2, 0) is 11.2 Å². The summed E-state index contributed by atoms with van der Waals surface area (Å²) in [6, 6.07) is 14.7. The van der Waals surface area contributed by atoms with Gasteiger partial charge < -0.3 is 9.53 Å². The van der Waals surface area contributed by atoms with Crippen LogP contribution in [0.4, 0.5) is 0 Å². The van der Waals surface area contributed by atoms with Gasteiger partial charge in [-0.15, -0.1) is 0 Å². The van der Waals surface area contributed by atoms with E-state index in [-0.39, 0.29) is 15.9 Å². The minimum Gasteiger partial charge on any atom is -0.497 e. The van der Waals surface area contributed by atoms with Crippen molar-refractivity contribution in [2.45, 2.75) is 32.1 Å². The molecule has 0 bridgehead atoms. The van der Waals surface area contributed by atoms with Crippen molar-refractivity contribution in [3.05, 3.63) is 59.2 Å². The van der Waals surface area contributed by atoms with E-state index >= 15 is 0 Å². The van der Waals surface area contributed by atoms with Crippen LogP contribution in [0.15, 0.2) is 47.4 Å². The summed E-state index contributed by atoms with van der Waals surface area (Å²) in [5.74, 6) is 5.99. The maximum Gasteiger partial charge on any atom is 0.126 e. The van der Waals surface area contributed by atoms with Gasteiger partial charge in [0.2, 0.25) is 0 Å². The summed E-state index contributed by atoms with van der Waals surface area (Å²) in [6.07, 6.45) is 1.90. The largest absolute Gasteiger partial charge is 0.497 e. The van der Waals surface area contributed by atoms with Gasteiger partial charge in [0.1, 0.15) is 12.0 Å². The first kappa shape index (κ1) is 18.5. The SMILES string of the molecule is C=S(CC(C)(C)C=O)c1ccc(C)cc1Cc1ccc(OC)cc1. The second-order valence-corrected chi connectivity index (χ2v) is 8.59. The zero-order valence-electron chi connectivity index (χ0n) is 15.0. The Kier molecular flexibility index (Phi) is 6.00. The Labute approximate surface area is 147 Å². The predicted molar refractivity (Wildman–Crippen MR) is 105 cm³/mol. The third-order valence-electron chi connectivity index (χ3n) is 3.95. The standard InChI is InChI=1S/C21H26O2S/c1-16-6-11-20(24(5)15-21(2,3)14-22)18(12-16)13-17-7-9-19(23-4)10-8-17/h6-12,14H,5,13,15H2,1-4H3. The Hall–Kier alpha value is -1.87. The molecule has 1 atom stereocenters. The van der Waals surface area contributed by atoms with Crippen molar-refractivity contribution in [3.63, 3.8) is 0 Å². The first-order chi connectivity index (χ1) is 11.3. The number of rotatable bonds is 7. The fraction of sp³-hybridized carbons (Fsp3) is 0.333. The topological polar surface area (TPSA) is 26.3 Å². The number of hydrogen-bond donors (Lipinski definition) is 0. The van der Waals surface area contributed by atoms with Crippen LogP contribution < -0.4 is 4.74 Å². The van der Waals surface area contributed by atoms with Gasteiger partial charge in [0, 0.05) is 16.1 Å². The van der Waals surface area contributed by atoms with E-state index in [1.54, 1.807) is 7.11 Å². The maximum atomic E-state index is 11.2. The molecule has 2 nitrogen and oxygen atoms in total. The Balaban J connectivity index is 2.29. The lowest BCUT2D eigenvalue weighted by molar-refractivity contribution is -0.113. The normalized spacial score (nSPS) is 12.7. The van der Waals surface area contributed by atoms with Crippen LogP contribution in [0.25, 0.3) is 0 Å². The molecule has 0 amide bonds. The van der Waals surface area contributed by atoms with Gasteiger partial charge in [-0.3, -0.25) is 0 Å². The van der Waals surface area contributed by atoms with Crippen LogP contribution in [0.5, 0.6) is 5.75 Å². The van der Waals surface area contributed by atoms with Gasteiger partial charge in [-0.05, 0) is 42.7 Å². The van der Waals surface area contributed by atoms with E-state index in [1.165, 1.54) is 21.6 Å². The van der Waals surface area contributed by atoms with Gasteiger partial charge in [-0.1, -0.05) is 49.5 Å². The highest BCUT2D eigenvalue weighted by Crippen LogP contribution is 2.35. The molecule has 128 valence electrons. The minimum atomic E-state index is -0.340. The van der Waals surface area contributed by atoms with Crippen LogP contribution in [-0.4, -0.2) is 25.0 Å².